The highest BCUT2D eigenvalue weighted by atomic mass is 16.7. The zero-order chi connectivity index (χ0) is 17.4. The second-order valence-electron chi connectivity index (χ2n) is 7.02. The van der Waals surface area contributed by atoms with Crippen LogP contribution in [-0.2, 0) is 20.8 Å². The fourth-order valence-corrected chi connectivity index (χ4v) is 3.75. The number of carbonyl (C=O) groups is 2. The first-order chi connectivity index (χ1) is 12.1. The predicted octanol–water partition coefficient (Wildman–Crippen LogP) is 1.43. The molecule has 1 saturated heterocycles. The van der Waals surface area contributed by atoms with Gasteiger partial charge in [-0.3, -0.25) is 9.59 Å². The van der Waals surface area contributed by atoms with E-state index in [4.69, 9.17) is 4.84 Å². The lowest BCUT2D eigenvalue weighted by Gasteiger charge is -2.30. The number of benzene rings is 1. The van der Waals surface area contributed by atoms with Crippen molar-refractivity contribution in [3.8, 4) is 0 Å². The Hall–Kier alpha value is -2.41. The summed E-state index contributed by atoms with van der Waals surface area (Å²) in [6, 6.07) is 5.63. The number of nitrogens with one attached hydrogen (secondary N) is 2. The molecule has 1 atom stereocenters. The number of hydrogen-bond donors (Lipinski definition) is 2. The first-order valence-electron chi connectivity index (χ1n) is 8.73. The minimum atomic E-state index is -0.357. The Morgan fingerprint density at radius 2 is 2.28 bits per heavy atom. The molecule has 7 heteroatoms. The van der Waals surface area contributed by atoms with Gasteiger partial charge in [0.2, 0.25) is 5.91 Å². The van der Waals surface area contributed by atoms with E-state index in [9.17, 15) is 9.59 Å². The van der Waals surface area contributed by atoms with Gasteiger partial charge in [0.15, 0.2) is 5.60 Å². The van der Waals surface area contributed by atoms with Crippen molar-refractivity contribution in [2.75, 3.05) is 30.4 Å². The third-order valence-corrected chi connectivity index (χ3v) is 5.22. The monoisotopic (exact) mass is 342 g/mol. The van der Waals surface area contributed by atoms with Crippen LogP contribution in [0.25, 0.3) is 0 Å². The Labute approximate surface area is 146 Å². The zero-order valence-electron chi connectivity index (χ0n) is 14.3. The van der Waals surface area contributed by atoms with E-state index in [1.807, 2.05) is 18.2 Å². The highest BCUT2D eigenvalue weighted by molar-refractivity contribution is 6.43. The van der Waals surface area contributed by atoms with Crippen molar-refractivity contribution in [1.82, 2.24) is 5.32 Å². The molecule has 0 radical (unpaired) electrons. The summed E-state index contributed by atoms with van der Waals surface area (Å²) in [5, 5.41) is 10.2. The minimum absolute atomic E-state index is 0.119. The standard InChI is InChI=1S/C18H22N4O3/c1-22-15-5-4-13(9-12(15)3-6-16(22)23)20-17(24)14-10-18(25-21-14)7-2-8-19-11-18/h4-5,9,19H,2-3,6-8,10-11H2,1H3,(H,20,24). The van der Waals surface area contributed by atoms with Gasteiger partial charge >= 0.3 is 0 Å². The molecule has 0 saturated carbocycles. The smallest absolute Gasteiger partial charge is 0.273 e. The summed E-state index contributed by atoms with van der Waals surface area (Å²) in [6.07, 6.45) is 3.67. The van der Waals surface area contributed by atoms with Crippen LogP contribution >= 0.6 is 0 Å². The molecule has 2 N–H and O–H groups in total. The Bertz CT molecular complexity index is 753. The van der Waals surface area contributed by atoms with Gasteiger partial charge in [0.05, 0.1) is 0 Å². The van der Waals surface area contributed by atoms with Gasteiger partial charge in [-0.1, -0.05) is 5.16 Å². The lowest BCUT2D eigenvalue weighted by atomic mass is 9.89. The molecule has 1 spiro atoms. The summed E-state index contributed by atoms with van der Waals surface area (Å²) in [5.74, 6) is -0.101. The molecule has 132 valence electrons. The van der Waals surface area contributed by atoms with E-state index >= 15 is 0 Å². The van der Waals surface area contributed by atoms with Gasteiger partial charge < -0.3 is 20.4 Å². The summed E-state index contributed by atoms with van der Waals surface area (Å²) in [6.45, 7) is 1.71. The molecule has 3 aliphatic rings. The molecule has 2 amide bonds. The normalized spacial score (nSPS) is 25.4. The van der Waals surface area contributed by atoms with E-state index < -0.39 is 0 Å². The largest absolute Gasteiger partial charge is 0.387 e. The van der Waals surface area contributed by atoms with Crippen molar-refractivity contribution in [3.05, 3.63) is 23.8 Å². The maximum Gasteiger partial charge on any atom is 0.273 e. The number of anilines is 2. The van der Waals surface area contributed by atoms with Crippen molar-refractivity contribution in [1.29, 1.82) is 0 Å². The van der Waals surface area contributed by atoms with Gasteiger partial charge in [-0.05, 0) is 49.6 Å². The number of fused-ring (bicyclic) bond motifs is 1. The van der Waals surface area contributed by atoms with Crippen molar-refractivity contribution in [2.45, 2.75) is 37.7 Å². The van der Waals surface area contributed by atoms with Crippen molar-refractivity contribution in [2.24, 2.45) is 5.16 Å². The summed E-state index contributed by atoms with van der Waals surface area (Å²) >= 11 is 0. The molecule has 0 bridgehead atoms. The third-order valence-electron chi connectivity index (χ3n) is 5.22. The summed E-state index contributed by atoms with van der Waals surface area (Å²) in [4.78, 5) is 31.5. The van der Waals surface area contributed by atoms with Gasteiger partial charge in [-0.25, -0.2) is 0 Å². The van der Waals surface area contributed by atoms with Gasteiger partial charge in [0.25, 0.3) is 5.91 Å². The number of nitrogens with zero attached hydrogens (tertiary/aromatic N) is 2. The number of amides is 2. The second kappa shape index (κ2) is 6.15. The first kappa shape index (κ1) is 16.1. The average Bonchev–Trinajstić information content (AvgIpc) is 3.02. The number of oxime groups is 1. The van der Waals surface area contributed by atoms with E-state index in [0.29, 0.717) is 25.0 Å². The summed E-state index contributed by atoms with van der Waals surface area (Å²) < 4.78 is 0. The Balaban J connectivity index is 1.44. The van der Waals surface area contributed by atoms with Crippen molar-refractivity contribution in [3.63, 3.8) is 0 Å². The summed E-state index contributed by atoms with van der Waals surface area (Å²) in [7, 11) is 1.78. The first-order valence-corrected chi connectivity index (χ1v) is 8.73. The maximum atomic E-state index is 12.5. The molecular weight excluding hydrogens is 320 g/mol. The lowest BCUT2D eigenvalue weighted by molar-refractivity contribution is -0.118. The van der Waals surface area contributed by atoms with Crippen LogP contribution in [0.5, 0.6) is 0 Å². The van der Waals surface area contributed by atoms with Crippen LogP contribution in [0.1, 0.15) is 31.2 Å². The molecule has 3 heterocycles. The SMILES string of the molecule is CN1C(=O)CCc2cc(NC(=O)C3=NOC4(CCCNC4)C3)ccc21. The van der Waals surface area contributed by atoms with Crippen LogP contribution in [0.2, 0.25) is 0 Å². The fraction of sp³-hybridized carbons (Fsp3) is 0.500. The van der Waals surface area contributed by atoms with Gasteiger partial charge in [-0.2, -0.15) is 0 Å². The fourth-order valence-electron chi connectivity index (χ4n) is 3.75. The van der Waals surface area contributed by atoms with Gasteiger partial charge in [0, 0.05) is 37.8 Å². The molecule has 3 aliphatic heterocycles. The number of piperidine rings is 1. The van der Waals surface area contributed by atoms with E-state index in [1.54, 1.807) is 11.9 Å². The topological polar surface area (TPSA) is 83.0 Å². The third kappa shape index (κ3) is 3.00. The van der Waals surface area contributed by atoms with E-state index in [0.717, 1.165) is 42.9 Å². The molecule has 7 nitrogen and oxygen atoms in total. The van der Waals surface area contributed by atoms with Gasteiger partial charge in [-0.15, -0.1) is 0 Å². The molecule has 0 aliphatic carbocycles. The van der Waals surface area contributed by atoms with Crippen LogP contribution in [0, 0.1) is 0 Å². The Morgan fingerprint density at radius 1 is 1.40 bits per heavy atom. The molecule has 1 unspecified atom stereocenters. The minimum Gasteiger partial charge on any atom is -0.387 e. The number of rotatable bonds is 2. The van der Waals surface area contributed by atoms with Gasteiger partial charge in [0.1, 0.15) is 5.71 Å². The van der Waals surface area contributed by atoms with Crippen LogP contribution in [0.15, 0.2) is 23.4 Å². The number of hydrogen-bond acceptors (Lipinski definition) is 5. The van der Waals surface area contributed by atoms with E-state index in [1.165, 1.54) is 0 Å². The van der Waals surface area contributed by atoms with Crippen LogP contribution in [0.3, 0.4) is 0 Å². The molecule has 25 heavy (non-hydrogen) atoms. The van der Waals surface area contributed by atoms with E-state index in [-0.39, 0.29) is 17.4 Å². The highest BCUT2D eigenvalue weighted by Gasteiger charge is 2.42. The predicted molar refractivity (Wildman–Crippen MR) is 94.8 cm³/mol. The molecule has 4 rings (SSSR count). The average molecular weight is 342 g/mol. The van der Waals surface area contributed by atoms with Crippen molar-refractivity contribution < 1.29 is 14.4 Å². The molecule has 1 aromatic rings. The Kier molecular flexibility index (Phi) is 3.95. The van der Waals surface area contributed by atoms with Crippen molar-refractivity contribution >= 4 is 28.9 Å². The summed E-state index contributed by atoms with van der Waals surface area (Å²) in [5.41, 5.74) is 2.77. The quantitative estimate of drug-likeness (QED) is 0.852. The zero-order valence-corrected chi connectivity index (χ0v) is 14.3. The van der Waals surface area contributed by atoms with Crippen LogP contribution in [-0.4, -0.2) is 43.3 Å². The lowest BCUT2D eigenvalue weighted by Crippen LogP contribution is -2.46. The van der Waals surface area contributed by atoms with Crippen LogP contribution < -0.4 is 15.5 Å². The molecular formula is C18H22N4O3. The number of aryl methyl sites for hydroxylation is 1. The molecule has 1 fully saturated rings. The Morgan fingerprint density at radius 3 is 3.08 bits per heavy atom. The second-order valence-corrected chi connectivity index (χ2v) is 7.02. The van der Waals surface area contributed by atoms with Crippen LogP contribution in [0.4, 0.5) is 11.4 Å². The number of carbonyl (C=O) groups excluding carboxylic acids is 2. The van der Waals surface area contributed by atoms with E-state index in [2.05, 4.69) is 15.8 Å². The molecule has 1 aromatic carbocycles. The molecule has 0 aromatic heterocycles. The maximum absolute atomic E-state index is 12.5. The highest BCUT2D eigenvalue weighted by Crippen LogP contribution is 2.32.